The number of hydrogen-bond acceptors (Lipinski definition) is 4. The summed E-state index contributed by atoms with van der Waals surface area (Å²) in [4.78, 5) is 8.23. The number of thiophene rings is 1. The molecule has 2 aliphatic heterocycles. The molecule has 0 spiro atoms. The van der Waals surface area contributed by atoms with Crippen LogP contribution in [0.4, 0.5) is 4.39 Å². The number of halogens is 1. The normalized spacial score (nSPS) is 25.0. The van der Waals surface area contributed by atoms with Gasteiger partial charge in [0.25, 0.3) is 0 Å². The summed E-state index contributed by atoms with van der Waals surface area (Å²) in [5, 5.41) is 5.55. The number of rotatable bonds is 2. The van der Waals surface area contributed by atoms with Crippen molar-refractivity contribution >= 4 is 22.7 Å². The second kappa shape index (κ2) is 6.63. The van der Waals surface area contributed by atoms with Gasteiger partial charge >= 0.3 is 0 Å². The van der Waals surface area contributed by atoms with Crippen LogP contribution < -0.4 is 0 Å². The summed E-state index contributed by atoms with van der Waals surface area (Å²) in [7, 11) is 0. The first-order valence-corrected chi connectivity index (χ1v) is 10.7. The molecular weight excluding hydrogens is 363 g/mol. The first kappa shape index (κ1) is 16.2. The molecule has 26 heavy (non-hydrogen) atoms. The monoisotopic (exact) mass is 382 g/mol. The van der Waals surface area contributed by atoms with Crippen LogP contribution in [0.15, 0.2) is 70.5 Å². The minimum Gasteiger partial charge on any atom is -0.344 e. The summed E-state index contributed by atoms with van der Waals surface area (Å²) in [6.07, 6.45) is 12.8. The molecule has 1 fully saturated rings. The van der Waals surface area contributed by atoms with Gasteiger partial charge in [-0.1, -0.05) is 17.7 Å². The molecule has 0 aromatic carbocycles. The van der Waals surface area contributed by atoms with E-state index in [4.69, 9.17) is 4.98 Å². The molecule has 1 aliphatic carbocycles. The van der Waals surface area contributed by atoms with Crippen LogP contribution in [-0.4, -0.2) is 16.4 Å². The Bertz CT molecular complexity index is 933. The number of nitrogens with zero attached hydrogens (tertiary/aromatic N) is 2. The second-order valence-corrected chi connectivity index (χ2v) is 8.89. The van der Waals surface area contributed by atoms with Crippen molar-refractivity contribution in [2.45, 2.75) is 25.2 Å². The highest BCUT2D eigenvalue weighted by atomic mass is 32.1. The number of thiazole rings is 1. The van der Waals surface area contributed by atoms with Crippen molar-refractivity contribution in [3.8, 4) is 10.6 Å². The molecule has 2 aromatic heterocycles. The van der Waals surface area contributed by atoms with Crippen molar-refractivity contribution in [2.75, 3.05) is 6.54 Å². The molecule has 0 saturated heterocycles. The van der Waals surface area contributed by atoms with Crippen LogP contribution in [0.1, 0.15) is 30.2 Å². The fraction of sp³-hybridized carbons (Fsp3) is 0.286. The smallest absolute Gasteiger partial charge is 0.139 e. The SMILES string of the molecule is FC1=CN2C[C@H]3CC[C@H](c4nc(-c5cccs5)cs4)CC3=CC=C2C=C1. The average Bonchev–Trinajstić information content (AvgIpc) is 3.30. The molecule has 0 bridgehead atoms. The van der Waals surface area contributed by atoms with Crippen LogP contribution >= 0.6 is 22.7 Å². The lowest BCUT2D eigenvalue weighted by Crippen LogP contribution is -2.28. The first-order chi connectivity index (χ1) is 12.8. The van der Waals surface area contributed by atoms with E-state index in [1.54, 1.807) is 34.9 Å². The van der Waals surface area contributed by atoms with Crippen molar-refractivity contribution in [3.63, 3.8) is 0 Å². The third-order valence-corrected chi connectivity index (χ3v) is 7.32. The van der Waals surface area contributed by atoms with E-state index >= 15 is 0 Å². The Morgan fingerprint density at radius 1 is 1.12 bits per heavy atom. The summed E-state index contributed by atoms with van der Waals surface area (Å²) in [5.74, 6) is 0.850. The summed E-state index contributed by atoms with van der Waals surface area (Å²) in [5.41, 5.74) is 3.68. The zero-order valence-electron chi connectivity index (χ0n) is 14.3. The van der Waals surface area contributed by atoms with Crippen molar-refractivity contribution in [1.29, 1.82) is 0 Å². The van der Waals surface area contributed by atoms with Crippen LogP contribution in [0.2, 0.25) is 0 Å². The second-order valence-electron chi connectivity index (χ2n) is 7.06. The van der Waals surface area contributed by atoms with Crippen LogP contribution in [0.5, 0.6) is 0 Å². The Balaban J connectivity index is 1.36. The molecule has 2 aromatic rings. The third-order valence-electron chi connectivity index (χ3n) is 5.42. The van der Waals surface area contributed by atoms with Crippen molar-refractivity contribution in [1.82, 2.24) is 9.88 Å². The van der Waals surface area contributed by atoms with E-state index in [1.165, 1.54) is 15.5 Å². The van der Waals surface area contributed by atoms with Crippen LogP contribution in [0.3, 0.4) is 0 Å². The summed E-state index contributed by atoms with van der Waals surface area (Å²) >= 11 is 3.54. The van der Waals surface area contributed by atoms with E-state index in [0.29, 0.717) is 11.8 Å². The van der Waals surface area contributed by atoms with Gasteiger partial charge in [0.2, 0.25) is 0 Å². The maximum absolute atomic E-state index is 13.6. The largest absolute Gasteiger partial charge is 0.344 e. The maximum atomic E-state index is 13.6. The van der Waals surface area contributed by atoms with Gasteiger partial charge in [0.05, 0.1) is 15.6 Å². The van der Waals surface area contributed by atoms with Crippen molar-refractivity contribution < 1.29 is 4.39 Å². The van der Waals surface area contributed by atoms with Gasteiger partial charge in [-0.15, -0.1) is 22.7 Å². The van der Waals surface area contributed by atoms with E-state index in [0.717, 1.165) is 37.2 Å². The highest BCUT2D eigenvalue weighted by Crippen LogP contribution is 2.43. The van der Waals surface area contributed by atoms with Gasteiger partial charge in [-0.3, -0.25) is 0 Å². The van der Waals surface area contributed by atoms with E-state index < -0.39 is 0 Å². The van der Waals surface area contributed by atoms with Gasteiger partial charge in [-0.2, -0.15) is 0 Å². The van der Waals surface area contributed by atoms with Gasteiger partial charge in [-0.25, -0.2) is 9.37 Å². The molecular formula is C21H19FN2S2. The van der Waals surface area contributed by atoms with Gasteiger partial charge in [0, 0.05) is 29.7 Å². The topological polar surface area (TPSA) is 16.1 Å². The quantitative estimate of drug-likeness (QED) is 0.609. The van der Waals surface area contributed by atoms with Crippen LogP contribution in [0.25, 0.3) is 10.6 Å². The molecule has 2 atom stereocenters. The van der Waals surface area contributed by atoms with Gasteiger partial charge in [-0.05, 0) is 54.9 Å². The number of allylic oxidation sites excluding steroid dienone is 5. The van der Waals surface area contributed by atoms with E-state index in [9.17, 15) is 4.39 Å². The summed E-state index contributed by atoms with van der Waals surface area (Å²) in [6, 6.07) is 4.21. The minimum atomic E-state index is -0.164. The van der Waals surface area contributed by atoms with Gasteiger partial charge < -0.3 is 4.90 Å². The average molecular weight is 383 g/mol. The number of fused-ring (bicyclic) bond motifs is 2. The molecule has 2 nitrogen and oxygen atoms in total. The Kier molecular flexibility index (Phi) is 4.14. The Hall–Kier alpha value is -1.98. The van der Waals surface area contributed by atoms with Gasteiger partial charge in [0.15, 0.2) is 0 Å². The molecule has 5 rings (SSSR count). The summed E-state index contributed by atoms with van der Waals surface area (Å²) in [6.45, 7) is 0.875. The van der Waals surface area contributed by atoms with Crippen LogP contribution in [0, 0.1) is 5.92 Å². The zero-order chi connectivity index (χ0) is 17.5. The number of aromatic nitrogens is 1. The molecule has 1 saturated carbocycles. The lowest BCUT2D eigenvalue weighted by atomic mass is 9.78. The lowest BCUT2D eigenvalue weighted by Gasteiger charge is -2.33. The molecule has 0 unspecified atom stereocenters. The highest BCUT2D eigenvalue weighted by Gasteiger charge is 2.31. The first-order valence-electron chi connectivity index (χ1n) is 8.98. The molecule has 0 radical (unpaired) electrons. The van der Waals surface area contributed by atoms with E-state index in [2.05, 4.69) is 39.9 Å². The standard InChI is InChI=1S/C21H19FN2S2/c22-17-6-8-18-7-5-14-10-15(3-4-16(14)11-24(18)12-17)21-23-19(13-26-21)20-2-1-9-25-20/h1-2,5-9,12-13,15-16H,3-4,10-11H2/t15-,16+/m0/s1. The Morgan fingerprint density at radius 2 is 2.04 bits per heavy atom. The maximum Gasteiger partial charge on any atom is 0.139 e. The molecule has 4 heterocycles. The summed E-state index contributed by atoms with van der Waals surface area (Å²) < 4.78 is 13.6. The third kappa shape index (κ3) is 2.99. The van der Waals surface area contributed by atoms with Crippen molar-refractivity contribution in [2.24, 2.45) is 5.92 Å². The lowest BCUT2D eigenvalue weighted by molar-refractivity contribution is 0.331. The number of hydrogen-bond donors (Lipinski definition) is 0. The highest BCUT2D eigenvalue weighted by molar-refractivity contribution is 7.14. The van der Waals surface area contributed by atoms with E-state index in [-0.39, 0.29) is 5.83 Å². The predicted octanol–water partition coefficient (Wildman–Crippen LogP) is 6.26. The molecule has 0 amide bonds. The van der Waals surface area contributed by atoms with E-state index in [1.807, 2.05) is 6.08 Å². The molecule has 132 valence electrons. The predicted molar refractivity (Wildman–Crippen MR) is 107 cm³/mol. The molecule has 3 aliphatic rings. The zero-order valence-corrected chi connectivity index (χ0v) is 15.9. The van der Waals surface area contributed by atoms with Crippen LogP contribution in [-0.2, 0) is 0 Å². The fourth-order valence-electron chi connectivity index (χ4n) is 4.04. The van der Waals surface area contributed by atoms with Crippen molar-refractivity contribution in [3.05, 3.63) is 75.5 Å². The fourth-order valence-corrected chi connectivity index (χ4v) is 5.76. The van der Waals surface area contributed by atoms with Gasteiger partial charge in [0.1, 0.15) is 5.83 Å². The molecule has 5 heteroatoms. The Morgan fingerprint density at radius 3 is 2.92 bits per heavy atom. The Labute approximate surface area is 160 Å². The minimum absolute atomic E-state index is 0.164. The molecule has 0 N–H and O–H groups in total.